The van der Waals surface area contributed by atoms with Gasteiger partial charge in [-0.2, -0.15) is 0 Å². The van der Waals surface area contributed by atoms with E-state index in [1.165, 1.54) is 90.3 Å². The minimum atomic E-state index is -4.13. The third-order valence-electron chi connectivity index (χ3n) is 6.44. The van der Waals surface area contributed by atoms with Crippen LogP contribution in [-0.4, -0.2) is 61.9 Å². The number of aliphatic hydroxyl groups excluding tert-OH is 1. The summed E-state index contributed by atoms with van der Waals surface area (Å²) in [5.41, 5.74) is 0.530. The molecule has 2 rings (SSSR count). The van der Waals surface area contributed by atoms with Gasteiger partial charge < -0.3 is 14.6 Å². The van der Waals surface area contributed by atoms with Crippen LogP contribution in [0.15, 0.2) is 30.3 Å². The summed E-state index contributed by atoms with van der Waals surface area (Å²) in [6.07, 6.45) is 16.1. The minimum Gasteiger partial charge on any atom is -0.748 e. The lowest BCUT2D eigenvalue weighted by atomic mass is 10.1. The first kappa shape index (κ1) is 30.0. The van der Waals surface area contributed by atoms with Gasteiger partial charge in [0.25, 0.3) is 0 Å². The van der Waals surface area contributed by atoms with Gasteiger partial charge in [0.2, 0.25) is 0 Å². The summed E-state index contributed by atoms with van der Waals surface area (Å²) in [6, 6.07) is 8.37. The molecule has 1 aromatic carbocycles. The zero-order chi connectivity index (χ0) is 24.4. The Morgan fingerprint density at radius 1 is 0.970 bits per heavy atom. The number of rotatable bonds is 16. The topological polar surface area (TPSA) is 85.1 Å². The second kappa shape index (κ2) is 18.4. The Balaban J connectivity index is 0.000000412. The molecule has 1 heterocycles. The molecule has 0 saturated carbocycles. The van der Waals surface area contributed by atoms with Gasteiger partial charge in [0.1, 0.15) is 6.17 Å². The summed E-state index contributed by atoms with van der Waals surface area (Å²) < 4.78 is 30.7. The molecule has 2 N–H and O–H groups in total. The van der Waals surface area contributed by atoms with Crippen molar-refractivity contribution in [3.05, 3.63) is 35.9 Å². The summed E-state index contributed by atoms with van der Waals surface area (Å²) in [7, 11) is -4.13. The van der Waals surface area contributed by atoms with Gasteiger partial charge in [0, 0.05) is 13.0 Å². The fraction of sp³-hybridized carbons (Fsp3) is 0.769. The van der Waals surface area contributed by atoms with Crippen molar-refractivity contribution in [1.29, 1.82) is 0 Å². The van der Waals surface area contributed by atoms with E-state index in [4.69, 9.17) is 5.11 Å². The lowest BCUT2D eigenvalue weighted by molar-refractivity contribution is -0.918. The second-order valence-corrected chi connectivity index (χ2v) is 10.6. The first-order valence-electron chi connectivity index (χ1n) is 13.1. The lowest BCUT2D eigenvalue weighted by Crippen LogP contribution is -3.14. The van der Waals surface area contributed by atoms with Crippen LogP contribution in [0.3, 0.4) is 0 Å². The van der Waals surface area contributed by atoms with Gasteiger partial charge in [-0.15, -0.1) is 0 Å². The molecule has 1 aromatic rings. The van der Waals surface area contributed by atoms with Crippen LogP contribution in [0.25, 0.3) is 0 Å². The number of nitrogens with one attached hydrogen (secondary N) is 1. The average molecular weight is 485 g/mol. The van der Waals surface area contributed by atoms with Crippen molar-refractivity contribution in [2.24, 2.45) is 0 Å². The molecule has 1 fully saturated rings. The molecule has 0 spiro atoms. The average Bonchev–Trinajstić information content (AvgIpc) is 3.17. The zero-order valence-corrected chi connectivity index (χ0v) is 21.8. The van der Waals surface area contributed by atoms with Crippen LogP contribution in [0.1, 0.15) is 90.0 Å². The molecule has 33 heavy (non-hydrogen) atoms. The zero-order valence-electron chi connectivity index (χ0n) is 21.0. The van der Waals surface area contributed by atoms with Crippen LogP contribution in [0.5, 0.6) is 0 Å². The van der Waals surface area contributed by atoms with Crippen molar-refractivity contribution in [2.75, 3.05) is 32.8 Å². The summed E-state index contributed by atoms with van der Waals surface area (Å²) in [4.78, 5) is 4.24. The highest BCUT2D eigenvalue weighted by Crippen LogP contribution is 2.10. The Morgan fingerprint density at radius 2 is 1.55 bits per heavy atom. The van der Waals surface area contributed by atoms with Gasteiger partial charge >= 0.3 is 0 Å². The molecule has 2 unspecified atom stereocenters. The van der Waals surface area contributed by atoms with Crippen LogP contribution >= 0.6 is 0 Å². The van der Waals surface area contributed by atoms with Crippen LogP contribution in [0.4, 0.5) is 0 Å². The van der Waals surface area contributed by atoms with E-state index in [1.54, 1.807) is 35.2 Å². The Hall–Kier alpha value is -0.990. The van der Waals surface area contributed by atoms with Crippen molar-refractivity contribution < 1.29 is 23.0 Å². The first-order valence-corrected chi connectivity index (χ1v) is 14.7. The standard InChI is InChI=1S/C19H40N2O.C7H8O3S/c1-3-5-6-7-8-9-10-11-12-13-14-20-15-16-21(17-18-22)19(20)4-2;8-11(9,10)6-7-4-2-1-3-5-7/h19,22H,3-18H2,1-2H3;1-5H,6H2,(H,8,9,10). The Bertz CT molecular complexity index is 685. The molecule has 7 heteroatoms. The third kappa shape index (κ3) is 14.8. The predicted molar refractivity (Wildman–Crippen MR) is 135 cm³/mol. The largest absolute Gasteiger partial charge is 0.748 e. The molecule has 192 valence electrons. The van der Waals surface area contributed by atoms with Gasteiger partial charge in [-0.3, -0.25) is 0 Å². The monoisotopic (exact) mass is 484 g/mol. The van der Waals surface area contributed by atoms with E-state index in [2.05, 4.69) is 18.7 Å². The molecule has 0 aromatic heterocycles. The quantitative estimate of drug-likeness (QED) is 0.277. The minimum absolute atomic E-state index is 0.308. The molecule has 0 amide bonds. The number of benzene rings is 1. The second-order valence-electron chi connectivity index (χ2n) is 9.21. The number of quaternary nitrogens is 1. The van der Waals surface area contributed by atoms with Crippen molar-refractivity contribution in [3.8, 4) is 0 Å². The van der Waals surface area contributed by atoms with Gasteiger partial charge in [-0.1, -0.05) is 95.5 Å². The van der Waals surface area contributed by atoms with Crippen LogP contribution in [0.2, 0.25) is 0 Å². The highest BCUT2D eigenvalue weighted by Gasteiger charge is 2.33. The molecule has 1 aliphatic rings. The Morgan fingerprint density at radius 3 is 2.06 bits per heavy atom. The third-order valence-corrected chi connectivity index (χ3v) is 7.13. The van der Waals surface area contributed by atoms with E-state index < -0.39 is 15.9 Å². The first-order chi connectivity index (χ1) is 15.9. The number of hydrogen-bond acceptors (Lipinski definition) is 5. The molecule has 2 atom stereocenters. The summed E-state index contributed by atoms with van der Waals surface area (Å²) in [5, 5.41) is 9.14. The molecule has 0 bridgehead atoms. The molecule has 1 aliphatic heterocycles. The fourth-order valence-corrected chi connectivity index (χ4v) is 5.32. The molecular weight excluding hydrogens is 436 g/mol. The molecular formula is C26H48N2O4S. The van der Waals surface area contributed by atoms with Crippen LogP contribution in [-0.2, 0) is 15.9 Å². The molecule has 1 saturated heterocycles. The summed E-state index contributed by atoms with van der Waals surface area (Å²) >= 11 is 0. The van der Waals surface area contributed by atoms with E-state index in [-0.39, 0.29) is 0 Å². The van der Waals surface area contributed by atoms with Crippen molar-refractivity contribution in [1.82, 2.24) is 4.90 Å². The SMILES string of the molecule is CCCCCCCCCCCC[NH+]1CCN(CCO)C1CC.O=S(=O)([O-])Cc1ccccc1. The van der Waals surface area contributed by atoms with E-state index in [9.17, 15) is 13.0 Å². The van der Waals surface area contributed by atoms with Gasteiger partial charge in [-0.25, -0.2) is 13.3 Å². The van der Waals surface area contributed by atoms with Gasteiger partial charge in [0.05, 0.1) is 42.1 Å². The van der Waals surface area contributed by atoms with E-state index >= 15 is 0 Å². The van der Waals surface area contributed by atoms with E-state index in [0.29, 0.717) is 18.3 Å². The number of β-amino-alcohol motifs (C(OH)–C–C–N with tert-alkyl or cyclic N) is 1. The highest BCUT2D eigenvalue weighted by atomic mass is 32.2. The van der Waals surface area contributed by atoms with Crippen LogP contribution < -0.4 is 4.90 Å². The molecule has 0 radical (unpaired) electrons. The maximum Gasteiger partial charge on any atom is 0.143 e. The van der Waals surface area contributed by atoms with Gasteiger partial charge in [-0.05, 0) is 18.4 Å². The highest BCUT2D eigenvalue weighted by molar-refractivity contribution is 7.84. The number of aliphatic hydroxyl groups is 1. The summed E-state index contributed by atoms with van der Waals surface area (Å²) in [5.74, 6) is -0.423. The summed E-state index contributed by atoms with van der Waals surface area (Å²) in [6.45, 7) is 9.52. The number of hydrogen-bond donors (Lipinski definition) is 2. The smallest absolute Gasteiger partial charge is 0.143 e. The van der Waals surface area contributed by atoms with Crippen molar-refractivity contribution in [2.45, 2.75) is 96.4 Å². The van der Waals surface area contributed by atoms with Crippen molar-refractivity contribution >= 4 is 10.1 Å². The predicted octanol–water partition coefficient (Wildman–Crippen LogP) is 3.57. The number of unbranched alkanes of at least 4 members (excludes halogenated alkanes) is 9. The maximum absolute atomic E-state index is 10.2. The van der Waals surface area contributed by atoms with E-state index in [1.807, 2.05) is 0 Å². The van der Waals surface area contributed by atoms with Gasteiger partial charge in [0.15, 0.2) is 0 Å². The number of nitrogens with zero attached hydrogens (tertiary/aromatic N) is 1. The fourth-order valence-electron chi connectivity index (χ4n) is 4.72. The maximum atomic E-state index is 10.2. The normalized spacial score (nSPS) is 18.8. The van der Waals surface area contributed by atoms with Crippen molar-refractivity contribution in [3.63, 3.8) is 0 Å². The molecule has 0 aliphatic carbocycles. The lowest BCUT2D eigenvalue weighted by Gasteiger charge is -2.25. The van der Waals surface area contributed by atoms with E-state index in [0.717, 1.165) is 6.54 Å². The molecule has 6 nitrogen and oxygen atoms in total. The Kier molecular flexibility index (Phi) is 16.7. The van der Waals surface area contributed by atoms with Crippen LogP contribution in [0, 0.1) is 0 Å². The Labute approximate surface area is 203 Å².